The van der Waals surface area contributed by atoms with Crippen molar-refractivity contribution in [3.63, 3.8) is 0 Å². The van der Waals surface area contributed by atoms with Crippen molar-refractivity contribution in [3.05, 3.63) is 29.3 Å². The van der Waals surface area contributed by atoms with Gasteiger partial charge in [-0.05, 0) is 25.0 Å². The zero-order chi connectivity index (χ0) is 12.0. The number of aryl methyl sites for hydroxylation is 1. The summed E-state index contributed by atoms with van der Waals surface area (Å²) < 4.78 is 17.1. The Bertz CT molecular complexity index is 363. The number of rotatable bonds is 5. The van der Waals surface area contributed by atoms with E-state index in [1.165, 1.54) is 0 Å². The van der Waals surface area contributed by atoms with Crippen LogP contribution in [0.1, 0.15) is 25.0 Å². The highest BCUT2D eigenvalue weighted by Crippen LogP contribution is 2.22. The summed E-state index contributed by atoms with van der Waals surface area (Å²) in [5, 5.41) is 0. The normalized spacial score (nSPS) is 9.94. The molecule has 0 radical (unpaired) electrons. The lowest BCUT2D eigenvalue weighted by Crippen LogP contribution is -2.08. The van der Waals surface area contributed by atoms with Crippen molar-refractivity contribution < 1.29 is 19.0 Å². The molecule has 0 aliphatic rings. The van der Waals surface area contributed by atoms with Crippen LogP contribution >= 0.6 is 0 Å². The molecular weight excluding hydrogens is 211 g/mol. The van der Waals surface area contributed by atoms with Crippen molar-refractivity contribution in [3.8, 4) is 5.75 Å². The summed E-state index contributed by atoms with van der Waals surface area (Å²) in [6.07, 6.45) is 0.813. The molecule has 4 heteroatoms. The molecule has 0 aromatic heterocycles. The van der Waals surface area contributed by atoms with Gasteiger partial charge in [0, 0.05) is 10.1 Å². The van der Waals surface area contributed by atoms with Crippen molar-refractivity contribution in [1.29, 1.82) is 0 Å². The summed E-state index contributed by atoms with van der Waals surface area (Å²) in [4.78, 5) is 15.0. The third-order valence-corrected chi connectivity index (χ3v) is 2.26. The maximum atomic E-state index is 12.3. The highest BCUT2D eigenvalue weighted by Gasteiger charge is 2.11. The van der Waals surface area contributed by atoms with Crippen LogP contribution in [-0.4, -0.2) is 12.6 Å². The summed E-state index contributed by atoms with van der Waals surface area (Å²) in [7, 11) is 0. The number of hydrogen-bond acceptors (Lipinski definition) is 3. The van der Waals surface area contributed by atoms with Crippen LogP contribution in [0.15, 0.2) is 18.2 Å². The molecule has 16 heavy (non-hydrogen) atoms. The minimum atomic E-state index is -0.384. The summed E-state index contributed by atoms with van der Waals surface area (Å²) in [5.41, 5.74) is 1.46. The molecule has 0 spiro atoms. The van der Waals surface area contributed by atoms with E-state index in [0.717, 1.165) is 12.0 Å². The quantitative estimate of drug-likeness (QED) is 0.724. The molecule has 0 heterocycles. The van der Waals surface area contributed by atoms with E-state index in [2.05, 4.69) is 4.94 Å². The van der Waals surface area contributed by atoms with Gasteiger partial charge in [0.25, 0.3) is 0 Å². The lowest BCUT2D eigenvalue weighted by molar-refractivity contribution is -0.142. The molecule has 0 N–H and O–H groups in total. The van der Waals surface area contributed by atoms with Gasteiger partial charge in [-0.25, -0.2) is 0 Å². The molecule has 3 nitrogen and oxygen atoms in total. The van der Waals surface area contributed by atoms with Crippen molar-refractivity contribution in [2.24, 2.45) is 0 Å². The molecule has 88 valence electrons. The van der Waals surface area contributed by atoms with E-state index >= 15 is 0 Å². The smallest absolute Gasteiger partial charge is 0.310 e. The maximum absolute atomic E-state index is 12.3. The Morgan fingerprint density at radius 3 is 2.69 bits per heavy atom. The number of carbonyl (C=O) groups excluding carboxylic acids is 1. The van der Waals surface area contributed by atoms with Crippen LogP contribution in [0.5, 0.6) is 5.75 Å². The number of hydrogen-bond donors (Lipinski definition) is 0. The van der Waals surface area contributed by atoms with E-state index in [0.29, 0.717) is 12.2 Å². The molecular formula is C12H15FO3. The largest absolute Gasteiger partial charge is 0.466 e. The Kier molecular flexibility index (Phi) is 4.76. The Morgan fingerprint density at radius 1 is 1.38 bits per heavy atom. The molecule has 0 amide bonds. The van der Waals surface area contributed by atoms with Gasteiger partial charge in [-0.1, -0.05) is 19.1 Å². The van der Waals surface area contributed by atoms with Gasteiger partial charge >= 0.3 is 5.97 Å². The highest BCUT2D eigenvalue weighted by molar-refractivity contribution is 5.73. The van der Waals surface area contributed by atoms with Gasteiger partial charge in [-0.2, -0.15) is 0 Å². The fraction of sp³-hybridized carbons (Fsp3) is 0.417. The lowest BCUT2D eigenvalue weighted by atomic mass is 10.1. The number of halogens is 1. The molecule has 0 aliphatic carbocycles. The second-order valence-corrected chi connectivity index (χ2v) is 3.35. The molecule has 0 atom stereocenters. The number of ether oxygens (including phenoxy) is 1. The van der Waals surface area contributed by atoms with Gasteiger partial charge in [-0.15, -0.1) is 0 Å². The minimum absolute atomic E-state index is 0.0249. The van der Waals surface area contributed by atoms with Crippen LogP contribution in [0.4, 0.5) is 4.53 Å². The second-order valence-electron chi connectivity index (χ2n) is 3.35. The van der Waals surface area contributed by atoms with E-state index in [-0.39, 0.29) is 18.1 Å². The highest BCUT2D eigenvalue weighted by atomic mass is 19.3. The number of carbonyl (C=O) groups is 1. The first-order valence-corrected chi connectivity index (χ1v) is 5.27. The van der Waals surface area contributed by atoms with Crippen molar-refractivity contribution in [2.45, 2.75) is 26.7 Å². The topological polar surface area (TPSA) is 35.5 Å². The van der Waals surface area contributed by atoms with E-state index in [4.69, 9.17) is 4.74 Å². The number of esters is 1. The summed E-state index contributed by atoms with van der Waals surface area (Å²) >= 11 is 0. The van der Waals surface area contributed by atoms with Crippen molar-refractivity contribution in [2.75, 3.05) is 6.61 Å². The zero-order valence-electron chi connectivity index (χ0n) is 9.46. The van der Waals surface area contributed by atoms with Gasteiger partial charge in [0.05, 0.1) is 13.0 Å². The summed E-state index contributed by atoms with van der Waals surface area (Å²) in [6, 6.07) is 5.12. The van der Waals surface area contributed by atoms with Gasteiger partial charge in [0.15, 0.2) is 5.75 Å². The van der Waals surface area contributed by atoms with E-state index in [1.54, 1.807) is 19.1 Å². The van der Waals surface area contributed by atoms with Crippen molar-refractivity contribution in [1.82, 2.24) is 0 Å². The average Bonchev–Trinajstić information content (AvgIpc) is 2.30. The third-order valence-electron chi connectivity index (χ3n) is 2.26. The predicted molar refractivity (Wildman–Crippen MR) is 57.9 cm³/mol. The monoisotopic (exact) mass is 226 g/mol. The first-order valence-electron chi connectivity index (χ1n) is 5.27. The number of benzene rings is 1. The van der Waals surface area contributed by atoms with Crippen LogP contribution in [0.25, 0.3) is 0 Å². The van der Waals surface area contributed by atoms with Gasteiger partial charge in [0.2, 0.25) is 0 Å². The molecule has 0 bridgehead atoms. The first kappa shape index (κ1) is 12.5. The standard InChI is InChI=1S/C12H15FO3/c1-3-9-5-6-10(11(7-9)16-13)8-12(14)15-4-2/h5-7H,3-4,8H2,1-2H3. The fourth-order valence-corrected chi connectivity index (χ4v) is 1.40. The summed E-state index contributed by atoms with van der Waals surface area (Å²) in [6.45, 7) is 4.00. The lowest BCUT2D eigenvalue weighted by Gasteiger charge is -2.06. The van der Waals surface area contributed by atoms with Gasteiger partial charge in [0.1, 0.15) is 0 Å². The molecule has 0 fully saturated rings. The first-order chi connectivity index (χ1) is 7.71. The second kappa shape index (κ2) is 6.10. The average molecular weight is 226 g/mol. The summed E-state index contributed by atoms with van der Waals surface area (Å²) in [5.74, 6) is -0.294. The van der Waals surface area contributed by atoms with Crippen LogP contribution in [0.2, 0.25) is 0 Å². The molecule has 0 saturated carbocycles. The van der Waals surface area contributed by atoms with E-state index < -0.39 is 0 Å². The van der Waals surface area contributed by atoms with Crippen molar-refractivity contribution >= 4 is 5.97 Å². The van der Waals surface area contributed by atoms with E-state index in [1.807, 2.05) is 13.0 Å². The molecule has 0 aliphatic heterocycles. The van der Waals surface area contributed by atoms with Gasteiger partial charge in [-0.3, -0.25) is 9.74 Å². The Hall–Kier alpha value is -1.58. The fourth-order valence-electron chi connectivity index (χ4n) is 1.40. The molecule has 1 aromatic carbocycles. The Labute approximate surface area is 94.1 Å². The third kappa shape index (κ3) is 3.22. The molecule has 0 saturated heterocycles. The SMILES string of the molecule is CCOC(=O)Cc1ccc(CC)cc1OF. The van der Waals surface area contributed by atoms with E-state index in [9.17, 15) is 9.32 Å². The Balaban J connectivity index is 2.83. The van der Waals surface area contributed by atoms with Crippen LogP contribution in [-0.2, 0) is 22.4 Å². The van der Waals surface area contributed by atoms with Crippen LogP contribution in [0.3, 0.4) is 0 Å². The van der Waals surface area contributed by atoms with Gasteiger partial charge < -0.3 is 4.74 Å². The molecule has 1 rings (SSSR count). The Morgan fingerprint density at radius 2 is 2.12 bits per heavy atom. The van der Waals surface area contributed by atoms with Crippen LogP contribution < -0.4 is 4.94 Å². The minimum Gasteiger partial charge on any atom is -0.466 e. The zero-order valence-corrected chi connectivity index (χ0v) is 9.46. The van der Waals surface area contributed by atoms with Crippen LogP contribution in [0, 0.1) is 0 Å². The predicted octanol–water partition coefficient (Wildman–Crippen LogP) is 2.62. The maximum Gasteiger partial charge on any atom is 0.310 e. The molecule has 1 aromatic rings. The molecule has 0 unspecified atom stereocenters.